The van der Waals surface area contributed by atoms with Crippen molar-refractivity contribution in [1.29, 1.82) is 0 Å². The molecule has 0 aromatic carbocycles. The molecule has 92 valence electrons. The highest BCUT2D eigenvalue weighted by Gasteiger charge is 2.39. The van der Waals surface area contributed by atoms with Gasteiger partial charge in [0.25, 0.3) is 0 Å². The minimum Gasteiger partial charge on any atom is -0.481 e. The Morgan fingerprint density at radius 1 is 1.19 bits per heavy atom. The van der Waals surface area contributed by atoms with E-state index in [4.69, 9.17) is 0 Å². The molecule has 4 unspecified atom stereocenters. The summed E-state index contributed by atoms with van der Waals surface area (Å²) in [6, 6.07) is 0. The Bertz CT molecular complexity index is 249. The van der Waals surface area contributed by atoms with Crippen LogP contribution >= 0.6 is 0 Å². The normalized spacial score (nSPS) is 39.8. The molecule has 0 aromatic rings. The molecule has 4 atom stereocenters. The van der Waals surface area contributed by atoms with E-state index >= 15 is 0 Å². The van der Waals surface area contributed by atoms with Gasteiger partial charge in [0.15, 0.2) is 0 Å². The third-order valence-electron chi connectivity index (χ3n) is 4.89. The summed E-state index contributed by atoms with van der Waals surface area (Å²) >= 11 is 0. The van der Waals surface area contributed by atoms with Gasteiger partial charge in [-0.25, -0.2) is 0 Å². The molecule has 2 aliphatic carbocycles. The van der Waals surface area contributed by atoms with Gasteiger partial charge in [-0.1, -0.05) is 39.0 Å². The van der Waals surface area contributed by atoms with Crippen molar-refractivity contribution in [2.24, 2.45) is 23.7 Å². The molecular formula is C14H24O2. The molecule has 0 bridgehead atoms. The molecule has 16 heavy (non-hydrogen) atoms. The third-order valence-corrected chi connectivity index (χ3v) is 4.89. The molecule has 2 rings (SSSR count). The topological polar surface area (TPSA) is 37.3 Å². The summed E-state index contributed by atoms with van der Waals surface area (Å²) in [7, 11) is 0. The van der Waals surface area contributed by atoms with Gasteiger partial charge in [-0.15, -0.1) is 0 Å². The van der Waals surface area contributed by atoms with E-state index in [1.54, 1.807) is 0 Å². The molecule has 1 N–H and O–H groups in total. The summed E-state index contributed by atoms with van der Waals surface area (Å²) in [5.41, 5.74) is 0. The Kier molecular flexibility index (Phi) is 3.88. The van der Waals surface area contributed by atoms with Gasteiger partial charge in [0.05, 0.1) is 5.92 Å². The number of carboxylic acids is 1. The standard InChI is InChI=1S/C14H24O2/c1-2-10-5-3-6-11(9-10)12-7-4-8-13(12)14(15)16/h10-13H,2-9H2,1H3,(H,15,16). The van der Waals surface area contributed by atoms with Crippen LogP contribution in [-0.4, -0.2) is 11.1 Å². The molecule has 0 heterocycles. The van der Waals surface area contributed by atoms with Crippen LogP contribution in [0.4, 0.5) is 0 Å². The Hall–Kier alpha value is -0.530. The number of aliphatic carboxylic acids is 1. The lowest BCUT2D eigenvalue weighted by Gasteiger charge is -2.34. The van der Waals surface area contributed by atoms with Gasteiger partial charge in [-0.3, -0.25) is 4.79 Å². The van der Waals surface area contributed by atoms with Crippen molar-refractivity contribution in [3.05, 3.63) is 0 Å². The van der Waals surface area contributed by atoms with E-state index in [0.29, 0.717) is 11.8 Å². The Balaban J connectivity index is 1.97. The van der Waals surface area contributed by atoms with Crippen LogP contribution < -0.4 is 0 Å². The lowest BCUT2D eigenvalue weighted by molar-refractivity contribution is -0.143. The van der Waals surface area contributed by atoms with E-state index in [0.717, 1.165) is 25.2 Å². The summed E-state index contributed by atoms with van der Waals surface area (Å²) in [4.78, 5) is 11.2. The van der Waals surface area contributed by atoms with Crippen molar-refractivity contribution in [2.75, 3.05) is 0 Å². The predicted molar refractivity (Wildman–Crippen MR) is 64.2 cm³/mol. The van der Waals surface area contributed by atoms with Gasteiger partial charge in [-0.2, -0.15) is 0 Å². The van der Waals surface area contributed by atoms with E-state index in [9.17, 15) is 9.90 Å². The first-order valence-electron chi connectivity index (χ1n) is 6.95. The maximum atomic E-state index is 11.2. The molecule has 0 radical (unpaired) electrons. The minimum atomic E-state index is -0.541. The number of carboxylic acid groups (broad SMARTS) is 1. The largest absolute Gasteiger partial charge is 0.481 e. The number of hydrogen-bond acceptors (Lipinski definition) is 1. The smallest absolute Gasteiger partial charge is 0.306 e. The molecule has 2 fully saturated rings. The van der Waals surface area contributed by atoms with Gasteiger partial charge in [0.1, 0.15) is 0 Å². The average Bonchev–Trinajstić information content (AvgIpc) is 2.78. The van der Waals surface area contributed by atoms with Gasteiger partial charge in [0.2, 0.25) is 0 Å². The minimum absolute atomic E-state index is 0.0272. The summed E-state index contributed by atoms with van der Waals surface area (Å²) in [6.45, 7) is 2.27. The summed E-state index contributed by atoms with van der Waals surface area (Å²) in [6.07, 6.45) is 9.78. The van der Waals surface area contributed by atoms with E-state index < -0.39 is 5.97 Å². The zero-order valence-electron chi connectivity index (χ0n) is 10.3. The molecular weight excluding hydrogens is 200 g/mol. The molecule has 0 spiro atoms. The van der Waals surface area contributed by atoms with Crippen LogP contribution in [0.1, 0.15) is 58.3 Å². The number of hydrogen-bond donors (Lipinski definition) is 1. The highest BCUT2D eigenvalue weighted by atomic mass is 16.4. The Morgan fingerprint density at radius 2 is 1.94 bits per heavy atom. The van der Waals surface area contributed by atoms with Gasteiger partial charge < -0.3 is 5.11 Å². The first kappa shape index (κ1) is 11.9. The van der Waals surface area contributed by atoms with Crippen molar-refractivity contribution < 1.29 is 9.90 Å². The molecule has 0 saturated heterocycles. The number of carbonyl (C=O) groups is 1. The predicted octanol–water partition coefficient (Wildman–Crippen LogP) is 3.70. The maximum Gasteiger partial charge on any atom is 0.306 e. The molecule has 2 aliphatic rings. The molecule has 0 amide bonds. The van der Waals surface area contributed by atoms with E-state index in [-0.39, 0.29) is 5.92 Å². The monoisotopic (exact) mass is 224 g/mol. The molecule has 0 aliphatic heterocycles. The fourth-order valence-electron chi connectivity index (χ4n) is 3.95. The van der Waals surface area contributed by atoms with Crippen LogP contribution in [0.5, 0.6) is 0 Å². The molecule has 0 aromatic heterocycles. The second-order valence-corrected chi connectivity index (χ2v) is 5.74. The third kappa shape index (κ3) is 2.41. The van der Waals surface area contributed by atoms with Crippen molar-refractivity contribution >= 4 is 5.97 Å². The van der Waals surface area contributed by atoms with E-state index in [1.807, 2.05) is 0 Å². The lowest BCUT2D eigenvalue weighted by Crippen LogP contribution is -2.28. The maximum absolute atomic E-state index is 11.2. The fraction of sp³-hybridized carbons (Fsp3) is 0.929. The highest BCUT2D eigenvalue weighted by molar-refractivity contribution is 5.70. The zero-order valence-corrected chi connectivity index (χ0v) is 10.3. The quantitative estimate of drug-likeness (QED) is 0.793. The van der Waals surface area contributed by atoms with Crippen LogP contribution in [0.25, 0.3) is 0 Å². The SMILES string of the molecule is CCC1CCCC(C2CCCC2C(=O)O)C1. The zero-order chi connectivity index (χ0) is 11.5. The summed E-state index contributed by atoms with van der Waals surface area (Å²) in [5, 5.41) is 9.24. The van der Waals surface area contributed by atoms with Crippen LogP contribution in [0.3, 0.4) is 0 Å². The Morgan fingerprint density at radius 3 is 2.62 bits per heavy atom. The molecule has 2 saturated carbocycles. The highest BCUT2D eigenvalue weighted by Crippen LogP contribution is 2.44. The van der Waals surface area contributed by atoms with Crippen LogP contribution in [0, 0.1) is 23.7 Å². The van der Waals surface area contributed by atoms with Crippen LogP contribution in [0.2, 0.25) is 0 Å². The van der Waals surface area contributed by atoms with Gasteiger partial charge in [-0.05, 0) is 37.0 Å². The summed E-state index contributed by atoms with van der Waals surface area (Å²) < 4.78 is 0. The molecule has 2 heteroatoms. The van der Waals surface area contributed by atoms with Crippen LogP contribution in [0.15, 0.2) is 0 Å². The van der Waals surface area contributed by atoms with Crippen LogP contribution in [-0.2, 0) is 4.79 Å². The average molecular weight is 224 g/mol. The Labute approximate surface area is 98.4 Å². The van der Waals surface area contributed by atoms with Gasteiger partial charge in [0, 0.05) is 0 Å². The second-order valence-electron chi connectivity index (χ2n) is 5.74. The van der Waals surface area contributed by atoms with Gasteiger partial charge >= 0.3 is 5.97 Å². The van der Waals surface area contributed by atoms with Crippen molar-refractivity contribution in [3.63, 3.8) is 0 Å². The first-order valence-corrected chi connectivity index (χ1v) is 6.95. The first-order chi connectivity index (χ1) is 7.72. The summed E-state index contributed by atoms with van der Waals surface area (Å²) in [5.74, 6) is 1.50. The lowest BCUT2D eigenvalue weighted by atomic mass is 9.71. The van der Waals surface area contributed by atoms with Crippen molar-refractivity contribution in [3.8, 4) is 0 Å². The second kappa shape index (κ2) is 5.20. The fourth-order valence-corrected chi connectivity index (χ4v) is 3.95. The van der Waals surface area contributed by atoms with Crippen molar-refractivity contribution in [1.82, 2.24) is 0 Å². The molecule has 2 nitrogen and oxygen atoms in total. The van der Waals surface area contributed by atoms with Crippen molar-refractivity contribution in [2.45, 2.75) is 58.3 Å². The number of rotatable bonds is 3. The van der Waals surface area contributed by atoms with E-state index in [2.05, 4.69) is 6.92 Å². The van der Waals surface area contributed by atoms with E-state index in [1.165, 1.54) is 32.1 Å².